The van der Waals surface area contributed by atoms with Gasteiger partial charge in [-0.1, -0.05) is 55.8 Å². The van der Waals surface area contributed by atoms with E-state index in [0.29, 0.717) is 22.9 Å². The van der Waals surface area contributed by atoms with E-state index in [9.17, 15) is 18.0 Å². The molecule has 1 aromatic heterocycles. The van der Waals surface area contributed by atoms with Crippen LogP contribution in [0, 0.1) is 5.92 Å². The molecule has 2 aliphatic rings. The Morgan fingerprint density at radius 3 is 2.53 bits per heavy atom. The minimum Gasteiger partial charge on any atom is -0.363 e. The molecule has 0 amide bonds. The lowest BCUT2D eigenvalue weighted by Gasteiger charge is -2.34. The maximum absolute atomic E-state index is 13.8. The third kappa shape index (κ3) is 4.51. The van der Waals surface area contributed by atoms with Crippen LogP contribution in [0.5, 0.6) is 0 Å². The highest BCUT2D eigenvalue weighted by Gasteiger charge is 2.47. The van der Waals surface area contributed by atoms with Crippen molar-refractivity contribution in [3.05, 3.63) is 46.6 Å². The van der Waals surface area contributed by atoms with Crippen LogP contribution in [-0.4, -0.2) is 21.7 Å². The van der Waals surface area contributed by atoms with Crippen LogP contribution in [0.2, 0.25) is 5.02 Å². The van der Waals surface area contributed by atoms with E-state index in [2.05, 4.69) is 10.4 Å². The standard InChI is InChI=1S/C22H25ClF3N3O/c23-16-9-7-15(8-10-16)18-12-20(22(24,25)26)29-21(28-18)17(13-27-29)19(30)11-6-14-4-2-1-3-5-14/h7-10,13-14,18,20,28H,1-6,11-12H2. The number of alkyl halides is 3. The Bertz CT molecular complexity index is 888. The lowest BCUT2D eigenvalue weighted by Crippen LogP contribution is -2.36. The number of nitrogens with zero attached hydrogens (tertiary/aromatic N) is 2. The van der Waals surface area contributed by atoms with Gasteiger partial charge in [-0.2, -0.15) is 18.3 Å². The molecule has 1 fully saturated rings. The largest absolute Gasteiger partial charge is 0.410 e. The molecule has 162 valence electrons. The number of Topliss-reactive ketones (excluding diaryl/α,β-unsaturated/α-hetero) is 1. The lowest BCUT2D eigenvalue weighted by atomic mass is 9.85. The maximum Gasteiger partial charge on any atom is 0.410 e. The number of carbonyl (C=O) groups excluding carboxylic acids is 1. The molecule has 0 saturated heterocycles. The molecule has 0 bridgehead atoms. The second-order valence-electron chi connectivity index (χ2n) is 8.36. The number of carbonyl (C=O) groups is 1. The molecule has 1 saturated carbocycles. The summed E-state index contributed by atoms with van der Waals surface area (Å²) in [6.45, 7) is 0. The zero-order chi connectivity index (χ0) is 21.3. The van der Waals surface area contributed by atoms with Crippen molar-refractivity contribution >= 4 is 23.2 Å². The lowest BCUT2D eigenvalue weighted by molar-refractivity contribution is -0.173. The fraction of sp³-hybridized carbons (Fsp3) is 0.545. The number of nitrogens with one attached hydrogen (secondary N) is 1. The normalized spacial score (nSPS) is 22.4. The molecule has 1 aliphatic heterocycles. The topological polar surface area (TPSA) is 46.9 Å². The smallest absolute Gasteiger partial charge is 0.363 e. The number of ketones is 1. The highest BCUT2D eigenvalue weighted by atomic mass is 35.5. The highest BCUT2D eigenvalue weighted by Crippen LogP contribution is 2.44. The molecule has 2 atom stereocenters. The van der Waals surface area contributed by atoms with Gasteiger partial charge in [0.1, 0.15) is 5.82 Å². The Morgan fingerprint density at radius 1 is 1.17 bits per heavy atom. The third-order valence-corrected chi connectivity index (χ3v) is 6.57. The van der Waals surface area contributed by atoms with Crippen LogP contribution in [0.1, 0.15) is 79.4 Å². The first-order valence-corrected chi connectivity index (χ1v) is 10.9. The molecular weight excluding hydrogens is 415 g/mol. The number of hydrogen-bond donors (Lipinski definition) is 1. The number of aromatic nitrogens is 2. The Balaban J connectivity index is 1.57. The summed E-state index contributed by atoms with van der Waals surface area (Å²) in [6.07, 6.45) is 3.65. The average molecular weight is 440 g/mol. The van der Waals surface area contributed by atoms with Crippen molar-refractivity contribution in [2.24, 2.45) is 5.92 Å². The minimum absolute atomic E-state index is 0.146. The molecule has 30 heavy (non-hydrogen) atoms. The van der Waals surface area contributed by atoms with Gasteiger partial charge in [0.2, 0.25) is 0 Å². The number of fused-ring (bicyclic) bond motifs is 1. The van der Waals surface area contributed by atoms with Crippen LogP contribution in [0.15, 0.2) is 30.5 Å². The summed E-state index contributed by atoms with van der Waals surface area (Å²) in [7, 11) is 0. The van der Waals surface area contributed by atoms with Gasteiger partial charge in [0.25, 0.3) is 0 Å². The average Bonchev–Trinajstić information content (AvgIpc) is 3.16. The summed E-state index contributed by atoms with van der Waals surface area (Å²) >= 11 is 5.92. The zero-order valence-corrected chi connectivity index (χ0v) is 17.3. The van der Waals surface area contributed by atoms with Gasteiger partial charge in [0, 0.05) is 17.9 Å². The van der Waals surface area contributed by atoms with Crippen molar-refractivity contribution in [3.8, 4) is 0 Å². The monoisotopic (exact) mass is 439 g/mol. The number of anilines is 1. The van der Waals surface area contributed by atoms with E-state index in [0.717, 1.165) is 23.9 Å². The van der Waals surface area contributed by atoms with Gasteiger partial charge in [0.15, 0.2) is 11.8 Å². The van der Waals surface area contributed by atoms with Crippen molar-refractivity contribution in [1.29, 1.82) is 0 Å². The van der Waals surface area contributed by atoms with E-state index >= 15 is 0 Å². The van der Waals surface area contributed by atoms with E-state index in [1.807, 2.05) is 0 Å². The second-order valence-corrected chi connectivity index (χ2v) is 8.80. The molecule has 0 spiro atoms. The highest BCUT2D eigenvalue weighted by molar-refractivity contribution is 6.30. The Labute approximate surface area is 178 Å². The first-order chi connectivity index (χ1) is 14.3. The molecular formula is C22H25ClF3N3O. The van der Waals surface area contributed by atoms with Gasteiger partial charge in [-0.15, -0.1) is 0 Å². The van der Waals surface area contributed by atoms with Crippen LogP contribution >= 0.6 is 11.6 Å². The molecule has 0 radical (unpaired) electrons. The Morgan fingerprint density at radius 2 is 1.87 bits per heavy atom. The van der Waals surface area contributed by atoms with Crippen molar-refractivity contribution in [1.82, 2.24) is 9.78 Å². The fourth-order valence-electron chi connectivity index (χ4n) is 4.63. The SMILES string of the molecule is O=C(CCC1CCCCC1)c1cnn2c1NC(c1ccc(Cl)cc1)CC2C(F)(F)F. The summed E-state index contributed by atoms with van der Waals surface area (Å²) in [5.74, 6) is 0.552. The van der Waals surface area contributed by atoms with E-state index in [1.54, 1.807) is 24.3 Å². The molecule has 1 aliphatic carbocycles. The quantitative estimate of drug-likeness (QED) is 0.525. The maximum atomic E-state index is 13.8. The van der Waals surface area contributed by atoms with Gasteiger partial charge in [-0.3, -0.25) is 4.79 Å². The molecule has 2 aromatic rings. The third-order valence-electron chi connectivity index (χ3n) is 6.32. The van der Waals surface area contributed by atoms with Crippen LogP contribution in [0.3, 0.4) is 0 Å². The minimum atomic E-state index is -4.46. The van der Waals surface area contributed by atoms with Gasteiger partial charge < -0.3 is 5.32 Å². The number of rotatable bonds is 5. The van der Waals surface area contributed by atoms with Crippen molar-refractivity contribution in [2.75, 3.05) is 5.32 Å². The number of hydrogen-bond acceptors (Lipinski definition) is 3. The predicted octanol–water partition coefficient (Wildman–Crippen LogP) is 6.74. The first kappa shape index (κ1) is 21.2. The summed E-state index contributed by atoms with van der Waals surface area (Å²) in [5.41, 5.74) is 0.945. The van der Waals surface area contributed by atoms with Crippen LogP contribution < -0.4 is 5.32 Å². The van der Waals surface area contributed by atoms with Gasteiger partial charge >= 0.3 is 6.18 Å². The number of benzene rings is 1. The Hall–Kier alpha value is -2.02. The molecule has 8 heteroatoms. The van der Waals surface area contributed by atoms with Gasteiger partial charge in [0.05, 0.1) is 17.8 Å². The summed E-state index contributed by atoms with van der Waals surface area (Å²) in [6, 6.07) is 4.37. The predicted molar refractivity (Wildman–Crippen MR) is 110 cm³/mol. The van der Waals surface area contributed by atoms with E-state index < -0.39 is 18.3 Å². The second kappa shape index (κ2) is 8.61. The van der Waals surface area contributed by atoms with Crippen molar-refractivity contribution in [3.63, 3.8) is 0 Å². The van der Waals surface area contributed by atoms with E-state index in [-0.39, 0.29) is 23.6 Å². The molecule has 1 aromatic carbocycles. The zero-order valence-electron chi connectivity index (χ0n) is 16.6. The van der Waals surface area contributed by atoms with Gasteiger partial charge in [-0.25, -0.2) is 4.68 Å². The fourth-order valence-corrected chi connectivity index (χ4v) is 4.75. The van der Waals surface area contributed by atoms with E-state index in [4.69, 9.17) is 11.6 Å². The van der Waals surface area contributed by atoms with Crippen LogP contribution in [0.4, 0.5) is 19.0 Å². The molecule has 1 N–H and O–H groups in total. The molecule has 4 nitrogen and oxygen atoms in total. The van der Waals surface area contributed by atoms with Crippen LogP contribution in [-0.2, 0) is 0 Å². The van der Waals surface area contributed by atoms with Crippen LogP contribution in [0.25, 0.3) is 0 Å². The molecule has 2 heterocycles. The van der Waals surface area contributed by atoms with Gasteiger partial charge in [-0.05, 0) is 30.0 Å². The van der Waals surface area contributed by atoms with Crippen molar-refractivity contribution < 1.29 is 18.0 Å². The molecule has 2 unspecified atom stereocenters. The first-order valence-electron chi connectivity index (χ1n) is 10.5. The molecule has 4 rings (SSSR count). The van der Waals surface area contributed by atoms with Crippen molar-refractivity contribution in [2.45, 2.75) is 69.6 Å². The van der Waals surface area contributed by atoms with E-state index in [1.165, 1.54) is 25.5 Å². The summed E-state index contributed by atoms with van der Waals surface area (Å²) < 4.78 is 42.3. The number of halogens is 4. The summed E-state index contributed by atoms with van der Waals surface area (Å²) in [4.78, 5) is 12.9. The Kier molecular flexibility index (Phi) is 6.09. The summed E-state index contributed by atoms with van der Waals surface area (Å²) in [5, 5.41) is 7.61.